The minimum atomic E-state index is -0.481. The Labute approximate surface area is 115 Å². The van der Waals surface area contributed by atoms with Gasteiger partial charge in [-0.15, -0.1) is 0 Å². The molecule has 0 saturated carbocycles. The summed E-state index contributed by atoms with van der Waals surface area (Å²) in [7, 11) is 1.53. The van der Waals surface area contributed by atoms with E-state index in [0.717, 1.165) is 0 Å². The van der Waals surface area contributed by atoms with Gasteiger partial charge in [0.2, 0.25) is 5.91 Å². The molecule has 2 aromatic rings. The fourth-order valence-electron chi connectivity index (χ4n) is 1.63. The number of amides is 1. The zero-order valence-corrected chi connectivity index (χ0v) is 10.9. The van der Waals surface area contributed by atoms with Crippen molar-refractivity contribution >= 4 is 17.3 Å². The normalized spacial score (nSPS) is 10.1. The number of carbonyl (C=O) groups excluding carboxylic acids is 1. The lowest BCUT2D eigenvalue weighted by Crippen LogP contribution is -2.28. The summed E-state index contributed by atoms with van der Waals surface area (Å²) in [6.45, 7) is -0.127. The summed E-state index contributed by atoms with van der Waals surface area (Å²) in [6.07, 6.45) is 2.87. The lowest BCUT2D eigenvalue weighted by atomic mass is 10.2. The van der Waals surface area contributed by atoms with Crippen LogP contribution in [0.15, 0.2) is 41.5 Å². The molecule has 0 radical (unpaired) electrons. The topological polar surface area (TPSA) is 99.2 Å². The molecule has 1 heterocycles. The molecule has 0 spiro atoms. The lowest BCUT2D eigenvalue weighted by Gasteiger charge is -2.10. The predicted octanol–water partition coefficient (Wildman–Crippen LogP) is 0.473. The number of nitrogens with zero attached hydrogens (tertiary/aromatic N) is 2. The second-order valence-electron chi connectivity index (χ2n) is 4.03. The number of nitrogen functional groups attached to an aromatic ring is 1. The average molecular weight is 274 g/mol. The summed E-state index contributed by atoms with van der Waals surface area (Å²) in [5.74, 6) is 0.237. The number of carbonyl (C=O) groups is 1. The van der Waals surface area contributed by atoms with Crippen molar-refractivity contribution in [2.24, 2.45) is 0 Å². The zero-order valence-electron chi connectivity index (χ0n) is 10.9. The first-order valence-corrected chi connectivity index (χ1v) is 5.85. The number of nitrogens with two attached hydrogens (primary N) is 1. The minimum Gasteiger partial charge on any atom is -0.497 e. The number of aromatic nitrogens is 2. The first-order chi connectivity index (χ1) is 9.60. The maximum Gasteiger partial charge on any atom is 0.347 e. The third kappa shape index (κ3) is 3.14. The van der Waals surface area contributed by atoms with Crippen molar-refractivity contribution in [3.8, 4) is 5.75 Å². The van der Waals surface area contributed by atoms with Gasteiger partial charge in [-0.05, 0) is 18.2 Å². The van der Waals surface area contributed by atoms with Crippen LogP contribution in [0.1, 0.15) is 0 Å². The Morgan fingerprint density at radius 2 is 2.30 bits per heavy atom. The van der Waals surface area contributed by atoms with Crippen molar-refractivity contribution in [2.75, 3.05) is 18.2 Å². The molecule has 1 amide bonds. The Morgan fingerprint density at radius 3 is 2.95 bits per heavy atom. The Balaban J connectivity index is 2.09. The molecular formula is C13H14N4O3. The van der Waals surface area contributed by atoms with Gasteiger partial charge in [-0.2, -0.15) is 0 Å². The van der Waals surface area contributed by atoms with Gasteiger partial charge in [0, 0.05) is 18.5 Å². The van der Waals surface area contributed by atoms with Crippen molar-refractivity contribution in [3.63, 3.8) is 0 Å². The number of rotatable bonds is 4. The molecule has 0 atom stereocenters. The largest absolute Gasteiger partial charge is 0.497 e. The molecule has 0 saturated heterocycles. The summed E-state index contributed by atoms with van der Waals surface area (Å²) in [5, 5.41) is 2.63. The quantitative estimate of drug-likeness (QED) is 0.790. The first-order valence-electron chi connectivity index (χ1n) is 5.85. The molecule has 20 heavy (non-hydrogen) atoms. The number of ether oxygens (including phenoxy) is 1. The highest BCUT2D eigenvalue weighted by Crippen LogP contribution is 2.23. The van der Waals surface area contributed by atoms with Crippen LogP contribution in [0.5, 0.6) is 5.75 Å². The molecular weight excluding hydrogens is 260 g/mol. The molecule has 1 aromatic carbocycles. The Bertz CT molecular complexity index is 681. The summed E-state index contributed by atoms with van der Waals surface area (Å²) >= 11 is 0. The molecule has 3 N–H and O–H groups in total. The number of benzene rings is 1. The molecule has 0 aliphatic rings. The summed E-state index contributed by atoms with van der Waals surface area (Å²) in [5.41, 5.74) is 6.16. The monoisotopic (exact) mass is 274 g/mol. The van der Waals surface area contributed by atoms with Gasteiger partial charge in [-0.1, -0.05) is 0 Å². The molecule has 1 aromatic heterocycles. The summed E-state index contributed by atoms with van der Waals surface area (Å²) in [4.78, 5) is 26.8. The maximum absolute atomic E-state index is 11.9. The minimum absolute atomic E-state index is 0.127. The van der Waals surface area contributed by atoms with Crippen LogP contribution >= 0.6 is 0 Å². The summed E-state index contributed by atoms with van der Waals surface area (Å²) < 4.78 is 6.22. The van der Waals surface area contributed by atoms with Crippen LogP contribution in [0.3, 0.4) is 0 Å². The highest BCUT2D eigenvalue weighted by Gasteiger charge is 2.08. The van der Waals surface area contributed by atoms with E-state index >= 15 is 0 Å². The molecule has 2 rings (SSSR count). The lowest BCUT2D eigenvalue weighted by molar-refractivity contribution is -0.116. The number of methoxy groups -OCH3 is 1. The molecule has 0 fully saturated rings. The molecule has 0 aliphatic carbocycles. The maximum atomic E-state index is 11.9. The summed E-state index contributed by atoms with van der Waals surface area (Å²) in [6, 6.07) is 6.50. The highest BCUT2D eigenvalue weighted by molar-refractivity contribution is 5.93. The average Bonchev–Trinajstić information content (AvgIpc) is 2.43. The number of nitrogens with one attached hydrogen (secondary N) is 1. The van der Waals surface area contributed by atoms with E-state index < -0.39 is 5.69 Å². The molecule has 0 bridgehead atoms. The number of anilines is 2. The standard InChI is InChI=1S/C13H14N4O3/c1-20-9-3-4-11(10(14)7-9)16-12(18)8-17-6-2-5-15-13(17)19/h2-7H,8,14H2,1H3,(H,16,18). The van der Waals surface area contributed by atoms with Gasteiger partial charge in [-0.3, -0.25) is 9.36 Å². The number of hydrogen-bond acceptors (Lipinski definition) is 5. The van der Waals surface area contributed by atoms with E-state index in [-0.39, 0.29) is 12.5 Å². The van der Waals surface area contributed by atoms with Gasteiger partial charge in [0.25, 0.3) is 0 Å². The Kier molecular flexibility index (Phi) is 3.99. The van der Waals surface area contributed by atoms with Crippen LogP contribution in [0.25, 0.3) is 0 Å². The second kappa shape index (κ2) is 5.87. The SMILES string of the molecule is COc1ccc(NC(=O)Cn2cccnc2=O)c(N)c1. The first kappa shape index (κ1) is 13.6. The van der Waals surface area contributed by atoms with E-state index in [2.05, 4.69) is 10.3 Å². The Morgan fingerprint density at radius 1 is 1.50 bits per heavy atom. The second-order valence-corrected chi connectivity index (χ2v) is 4.03. The van der Waals surface area contributed by atoms with Gasteiger partial charge in [0.1, 0.15) is 12.3 Å². The molecule has 0 unspecified atom stereocenters. The molecule has 0 aliphatic heterocycles. The Hall–Kier alpha value is -2.83. The van der Waals surface area contributed by atoms with Gasteiger partial charge >= 0.3 is 5.69 Å². The highest BCUT2D eigenvalue weighted by atomic mass is 16.5. The van der Waals surface area contributed by atoms with Crippen LogP contribution in [0.2, 0.25) is 0 Å². The van der Waals surface area contributed by atoms with Crippen LogP contribution in [0.4, 0.5) is 11.4 Å². The molecule has 104 valence electrons. The van der Waals surface area contributed by atoms with Crippen LogP contribution < -0.4 is 21.5 Å². The van der Waals surface area contributed by atoms with Crippen LogP contribution in [-0.4, -0.2) is 22.6 Å². The van der Waals surface area contributed by atoms with Crippen molar-refractivity contribution in [1.82, 2.24) is 9.55 Å². The van der Waals surface area contributed by atoms with Crippen molar-refractivity contribution in [2.45, 2.75) is 6.54 Å². The van der Waals surface area contributed by atoms with Crippen LogP contribution in [0, 0.1) is 0 Å². The van der Waals surface area contributed by atoms with Gasteiger partial charge in [0.15, 0.2) is 0 Å². The van der Waals surface area contributed by atoms with Gasteiger partial charge in [-0.25, -0.2) is 9.78 Å². The zero-order chi connectivity index (χ0) is 14.5. The fourth-order valence-corrected chi connectivity index (χ4v) is 1.63. The smallest absolute Gasteiger partial charge is 0.347 e. The number of hydrogen-bond donors (Lipinski definition) is 2. The fraction of sp³-hybridized carbons (Fsp3) is 0.154. The van der Waals surface area contributed by atoms with E-state index in [1.807, 2.05) is 0 Å². The third-order valence-electron chi connectivity index (χ3n) is 2.63. The van der Waals surface area contributed by atoms with E-state index in [0.29, 0.717) is 17.1 Å². The van der Waals surface area contributed by atoms with Crippen molar-refractivity contribution in [1.29, 1.82) is 0 Å². The van der Waals surface area contributed by atoms with E-state index in [4.69, 9.17) is 10.5 Å². The predicted molar refractivity (Wildman–Crippen MR) is 74.5 cm³/mol. The molecule has 7 nitrogen and oxygen atoms in total. The van der Waals surface area contributed by atoms with E-state index in [1.165, 1.54) is 24.1 Å². The van der Waals surface area contributed by atoms with Crippen molar-refractivity contribution < 1.29 is 9.53 Å². The molecule has 7 heteroatoms. The van der Waals surface area contributed by atoms with Crippen molar-refractivity contribution in [3.05, 3.63) is 47.1 Å². The van der Waals surface area contributed by atoms with Gasteiger partial charge in [0.05, 0.1) is 18.5 Å². The van der Waals surface area contributed by atoms with Gasteiger partial charge < -0.3 is 15.8 Å². The van der Waals surface area contributed by atoms with Crippen LogP contribution in [-0.2, 0) is 11.3 Å². The van der Waals surface area contributed by atoms with E-state index in [1.54, 1.807) is 24.3 Å². The third-order valence-corrected chi connectivity index (χ3v) is 2.63. The van der Waals surface area contributed by atoms with E-state index in [9.17, 15) is 9.59 Å².